The fourth-order valence-corrected chi connectivity index (χ4v) is 10.1. The monoisotopic (exact) mass is 776 g/mol. The minimum absolute atomic E-state index is 0.102. The average molecular weight is 777 g/mol. The third kappa shape index (κ3) is 5.64. The molecule has 286 valence electrons. The van der Waals surface area contributed by atoms with Gasteiger partial charge in [0.05, 0.1) is 11.4 Å². The van der Waals surface area contributed by atoms with Gasteiger partial charge in [0, 0.05) is 22.1 Å². The van der Waals surface area contributed by atoms with Gasteiger partial charge in [0.1, 0.15) is 0 Å². The summed E-state index contributed by atoms with van der Waals surface area (Å²) in [7, 11) is 0. The molecule has 0 fully saturated rings. The first kappa shape index (κ1) is 35.3. The average Bonchev–Trinajstić information content (AvgIpc) is 3.54. The van der Waals surface area contributed by atoms with Crippen LogP contribution in [0.3, 0.4) is 0 Å². The highest BCUT2D eigenvalue weighted by Crippen LogP contribution is 2.53. The fraction of sp³-hybridized carbons (Fsp3) is 0.0508. The highest BCUT2D eigenvalue weighted by molar-refractivity contribution is 6.06. The zero-order valence-electron chi connectivity index (χ0n) is 34.0. The first-order valence-electron chi connectivity index (χ1n) is 21.1. The predicted octanol–water partition coefficient (Wildman–Crippen LogP) is 15.7. The zero-order chi connectivity index (χ0) is 40.7. The van der Waals surface area contributed by atoms with E-state index in [4.69, 9.17) is 9.97 Å². The smallest absolute Gasteiger partial charge is 0.161 e. The van der Waals surface area contributed by atoms with E-state index in [1.54, 1.807) is 0 Å². The van der Waals surface area contributed by atoms with Gasteiger partial charge in [0.25, 0.3) is 0 Å². The summed E-state index contributed by atoms with van der Waals surface area (Å²) in [6.45, 7) is 4.74. The van der Waals surface area contributed by atoms with Gasteiger partial charge in [-0.2, -0.15) is 0 Å². The van der Waals surface area contributed by atoms with Gasteiger partial charge in [0.15, 0.2) is 5.82 Å². The van der Waals surface area contributed by atoms with Crippen molar-refractivity contribution in [3.8, 4) is 67.3 Å². The topological polar surface area (TPSA) is 25.8 Å². The summed E-state index contributed by atoms with van der Waals surface area (Å²) in [6, 6.07) is 74.9. The lowest BCUT2D eigenvalue weighted by atomic mass is 9.81. The molecule has 1 heterocycles. The number of aromatic nitrogens is 2. The van der Waals surface area contributed by atoms with Gasteiger partial charge in [-0.3, -0.25) is 0 Å². The number of fused-ring (bicyclic) bond motifs is 7. The van der Waals surface area contributed by atoms with Crippen molar-refractivity contribution >= 4 is 43.1 Å². The van der Waals surface area contributed by atoms with E-state index in [-0.39, 0.29) is 5.41 Å². The molecule has 0 spiro atoms. The summed E-state index contributed by atoms with van der Waals surface area (Å²) in [5.41, 5.74) is 15.2. The van der Waals surface area contributed by atoms with E-state index in [0.29, 0.717) is 5.82 Å². The molecule has 0 N–H and O–H groups in total. The standard InChI is InChI=1S/C59H40N2/c1-59(2)53-30-14-27-46(57(53)52-34-39-17-3-4-18-40(39)35-54(52)59)42-22-11-21-41(33-42)45-31-32-51(48-26-10-9-25-47(45)48)58-60-55(49-28-12-19-37-15-5-7-23-43(37)49)36-56(61-58)50-29-13-20-38-16-6-8-24-44(38)50/h3-36H,1-2H3. The minimum atomic E-state index is -0.102. The van der Waals surface area contributed by atoms with Crippen LogP contribution >= 0.6 is 0 Å². The molecule has 0 saturated heterocycles. The van der Waals surface area contributed by atoms with Crippen LogP contribution in [0.2, 0.25) is 0 Å². The van der Waals surface area contributed by atoms with E-state index in [2.05, 4.69) is 220 Å². The molecule has 10 aromatic carbocycles. The summed E-state index contributed by atoms with van der Waals surface area (Å²) in [5.74, 6) is 0.707. The van der Waals surface area contributed by atoms with Crippen molar-refractivity contribution < 1.29 is 0 Å². The Hall–Kier alpha value is -7.68. The van der Waals surface area contributed by atoms with Gasteiger partial charge in [-0.15, -0.1) is 0 Å². The Balaban J connectivity index is 1.03. The molecule has 0 radical (unpaired) electrons. The first-order chi connectivity index (χ1) is 30.0. The van der Waals surface area contributed by atoms with Crippen LogP contribution in [0.4, 0.5) is 0 Å². The van der Waals surface area contributed by atoms with Crippen LogP contribution in [-0.4, -0.2) is 9.97 Å². The maximum Gasteiger partial charge on any atom is 0.161 e. The lowest BCUT2D eigenvalue weighted by molar-refractivity contribution is 0.661. The molecular weight excluding hydrogens is 737 g/mol. The quantitative estimate of drug-likeness (QED) is 0.174. The van der Waals surface area contributed by atoms with Gasteiger partial charge < -0.3 is 0 Å². The molecule has 1 aliphatic rings. The number of hydrogen-bond donors (Lipinski definition) is 0. The molecule has 1 aliphatic carbocycles. The molecule has 12 rings (SSSR count). The Morgan fingerprint density at radius 2 is 0.787 bits per heavy atom. The SMILES string of the molecule is CC1(C)c2cc3ccccc3cc2-c2c(-c3cccc(-c4ccc(-c5nc(-c6cccc7ccccc67)cc(-c6cccc7ccccc67)n5)c5ccccc45)c3)cccc21. The molecule has 0 amide bonds. The Kier molecular flexibility index (Phi) is 7.92. The number of nitrogens with zero attached hydrogens (tertiary/aromatic N) is 2. The van der Waals surface area contributed by atoms with E-state index in [9.17, 15) is 0 Å². The molecule has 0 atom stereocenters. The third-order valence-corrected chi connectivity index (χ3v) is 13.1. The molecule has 0 aliphatic heterocycles. The van der Waals surface area contributed by atoms with Crippen LogP contribution in [0.15, 0.2) is 206 Å². The molecule has 2 heteroatoms. The summed E-state index contributed by atoms with van der Waals surface area (Å²) in [4.78, 5) is 10.8. The van der Waals surface area contributed by atoms with Crippen molar-refractivity contribution in [2.75, 3.05) is 0 Å². The number of rotatable bonds is 5. The van der Waals surface area contributed by atoms with Crippen molar-refractivity contribution in [3.63, 3.8) is 0 Å². The van der Waals surface area contributed by atoms with Gasteiger partial charge in [-0.1, -0.05) is 190 Å². The highest BCUT2D eigenvalue weighted by Gasteiger charge is 2.37. The van der Waals surface area contributed by atoms with E-state index in [0.717, 1.165) is 33.5 Å². The van der Waals surface area contributed by atoms with E-state index in [1.165, 1.54) is 82.2 Å². The van der Waals surface area contributed by atoms with Gasteiger partial charge in [-0.05, 0) is 118 Å². The van der Waals surface area contributed by atoms with E-state index < -0.39 is 0 Å². The first-order valence-corrected chi connectivity index (χ1v) is 21.1. The van der Waals surface area contributed by atoms with E-state index >= 15 is 0 Å². The predicted molar refractivity (Wildman–Crippen MR) is 257 cm³/mol. The largest absolute Gasteiger partial charge is 0.228 e. The second-order valence-corrected chi connectivity index (χ2v) is 16.9. The Labute approximate surface area is 355 Å². The Morgan fingerprint density at radius 3 is 1.44 bits per heavy atom. The van der Waals surface area contributed by atoms with Crippen LogP contribution in [-0.2, 0) is 5.41 Å². The molecule has 11 aromatic rings. The summed E-state index contributed by atoms with van der Waals surface area (Å²) >= 11 is 0. The number of benzene rings is 10. The fourth-order valence-electron chi connectivity index (χ4n) is 10.1. The van der Waals surface area contributed by atoms with Crippen molar-refractivity contribution in [2.24, 2.45) is 0 Å². The van der Waals surface area contributed by atoms with Crippen molar-refractivity contribution in [1.82, 2.24) is 9.97 Å². The highest BCUT2D eigenvalue weighted by atomic mass is 14.9. The number of hydrogen-bond acceptors (Lipinski definition) is 2. The van der Waals surface area contributed by atoms with Crippen LogP contribution in [0.25, 0.3) is 110 Å². The molecule has 1 aromatic heterocycles. The zero-order valence-corrected chi connectivity index (χ0v) is 34.0. The Morgan fingerprint density at radius 1 is 0.311 bits per heavy atom. The third-order valence-electron chi connectivity index (χ3n) is 13.1. The molecular formula is C59H40N2. The summed E-state index contributed by atoms with van der Waals surface area (Å²) in [6.07, 6.45) is 0. The summed E-state index contributed by atoms with van der Waals surface area (Å²) in [5, 5.41) is 9.56. The normalized spacial score (nSPS) is 12.9. The second kappa shape index (κ2) is 13.7. The van der Waals surface area contributed by atoms with E-state index in [1.807, 2.05) is 0 Å². The maximum absolute atomic E-state index is 5.41. The van der Waals surface area contributed by atoms with Gasteiger partial charge in [0.2, 0.25) is 0 Å². The molecule has 2 nitrogen and oxygen atoms in total. The summed E-state index contributed by atoms with van der Waals surface area (Å²) < 4.78 is 0. The molecule has 61 heavy (non-hydrogen) atoms. The van der Waals surface area contributed by atoms with Crippen molar-refractivity contribution in [3.05, 3.63) is 217 Å². The maximum atomic E-state index is 5.41. The molecule has 0 unspecified atom stereocenters. The lowest BCUT2D eigenvalue weighted by Gasteiger charge is -2.22. The molecule has 0 saturated carbocycles. The van der Waals surface area contributed by atoms with Gasteiger partial charge in [-0.25, -0.2) is 9.97 Å². The van der Waals surface area contributed by atoms with Crippen LogP contribution < -0.4 is 0 Å². The van der Waals surface area contributed by atoms with Crippen LogP contribution in [0.5, 0.6) is 0 Å². The van der Waals surface area contributed by atoms with Crippen molar-refractivity contribution in [1.29, 1.82) is 0 Å². The molecule has 0 bridgehead atoms. The van der Waals surface area contributed by atoms with Crippen LogP contribution in [0.1, 0.15) is 25.0 Å². The van der Waals surface area contributed by atoms with Crippen molar-refractivity contribution in [2.45, 2.75) is 19.3 Å². The van der Waals surface area contributed by atoms with Crippen LogP contribution in [0, 0.1) is 0 Å². The lowest BCUT2D eigenvalue weighted by Crippen LogP contribution is -2.14. The minimum Gasteiger partial charge on any atom is -0.228 e. The van der Waals surface area contributed by atoms with Gasteiger partial charge >= 0.3 is 0 Å². The Bertz CT molecular complexity index is 3470. The second-order valence-electron chi connectivity index (χ2n) is 16.9.